The van der Waals surface area contributed by atoms with Gasteiger partial charge in [-0.25, -0.2) is 4.68 Å². The SMILES string of the molecule is COc1ccc(CN2CCN(C(c3cc4ccc(OC)cc4[nH]c3=O)c3nnnn3CC3CCCO3)CC2)cc1.Cl. The van der Waals surface area contributed by atoms with Gasteiger partial charge >= 0.3 is 0 Å². The first-order valence-electron chi connectivity index (χ1n) is 13.8. The fourth-order valence-corrected chi connectivity index (χ4v) is 5.71. The molecule has 0 bridgehead atoms. The molecule has 6 rings (SSSR count). The van der Waals surface area contributed by atoms with E-state index >= 15 is 0 Å². The largest absolute Gasteiger partial charge is 0.497 e. The third-order valence-electron chi connectivity index (χ3n) is 7.92. The lowest BCUT2D eigenvalue weighted by atomic mass is 10.0. The van der Waals surface area contributed by atoms with E-state index in [9.17, 15) is 4.79 Å². The Morgan fingerprint density at radius 2 is 1.78 bits per heavy atom. The van der Waals surface area contributed by atoms with Gasteiger partial charge in [0.2, 0.25) is 0 Å². The molecule has 0 spiro atoms. The normalized spacial score (nSPS) is 18.7. The maximum absolute atomic E-state index is 13.6. The first kappa shape index (κ1) is 29.0. The number of hydrogen-bond donors (Lipinski definition) is 1. The zero-order valence-corrected chi connectivity index (χ0v) is 24.2. The van der Waals surface area contributed by atoms with Crippen molar-refractivity contribution >= 4 is 23.3 Å². The lowest BCUT2D eigenvalue weighted by Gasteiger charge is -2.38. The van der Waals surface area contributed by atoms with E-state index in [1.807, 2.05) is 41.1 Å². The number of halogens is 1. The predicted octanol–water partition coefficient (Wildman–Crippen LogP) is 3.04. The Bertz CT molecular complexity index is 1500. The summed E-state index contributed by atoms with van der Waals surface area (Å²) in [5.74, 6) is 2.22. The lowest BCUT2D eigenvalue weighted by molar-refractivity contribution is 0.0840. The van der Waals surface area contributed by atoms with Gasteiger partial charge in [-0.1, -0.05) is 12.1 Å². The molecule has 2 aliphatic heterocycles. The van der Waals surface area contributed by atoms with Crippen LogP contribution in [0.5, 0.6) is 11.5 Å². The molecular formula is C29H36ClN7O4. The van der Waals surface area contributed by atoms with E-state index < -0.39 is 6.04 Å². The molecule has 12 heteroatoms. The Hall–Kier alpha value is -3.51. The second-order valence-corrected chi connectivity index (χ2v) is 10.4. The highest BCUT2D eigenvalue weighted by Gasteiger charge is 2.33. The fraction of sp³-hybridized carbons (Fsp3) is 0.448. The average Bonchev–Trinajstić information content (AvgIpc) is 3.67. The average molecular weight is 582 g/mol. The van der Waals surface area contributed by atoms with E-state index in [4.69, 9.17) is 14.2 Å². The third-order valence-corrected chi connectivity index (χ3v) is 7.92. The molecule has 41 heavy (non-hydrogen) atoms. The quantitative estimate of drug-likeness (QED) is 0.319. The number of tetrazole rings is 1. The summed E-state index contributed by atoms with van der Waals surface area (Å²) in [5, 5.41) is 13.8. The van der Waals surface area contributed by atoms with E-state index in [2.05, 4.69) is 42.4 Å². The molecule has 2 atom stereocenters. The minimum atomic E-state index is -0.394. The van der Waals surface area contributed by atoms with Gasteiger partial charge < -0.3 is 19.2 Å². The molecule has 0 aliphatic carbocycles. The van der Waals surface area contributed by atoms with Crippen LogP contribution in [0.25, 0.3) is 10.9 Å². The third kappa shape index (κ3) is 6.38. The molecule has 2 aromatic heterocycles. The molecule has 2 aromatic carbocycles. The van der Waals surface area contributed by atoms with Crippen molar-refractivity contribution in [3.05, 3.63) is 75.8 Å². The summed E-state index contributed by atoms with van der Waals surface area (Å²) in [6, 6.07) is 15.5. The van der Waals surface area contributed by atoms with Crippen molar-refractivity contribution in [2.24, 2.45) is 0 Å². The van der Waals surface area contributed by atoms with Crippen LogP contribution in [-0.4, -0.2) is 88.1 Å². The monoisotopic (exact) mass is 581 g/mol. The van der Waals surface area contributed by atoms with Gasteiger partial charge in [-0.3, -0.25) is 14.6 Å². The zero-order chi connectivity index (χ0) is 27.5. The van der Waals surface area contributed by atoms with Gasteiger partial charge in [-0.05, 0) is 64.5 Å². The number of methoxy groups -OCH3 is 2. The minimum Gasteiger partial charge on any atom is -0.497 e. The van der Waals surface area contributed by atoms with Crippen molar-refractivity contribution in [3.8, 4) is 11.5 Å². The number of nitrogens with zero attached hydrogens (tertiary/aromatic N) is 6. The molecule has 2 saturated heterocycles. The standard InChI is InChI=1S/C29H35N7O4.ClH/c1-38-22-8-5-20(6-9-22)18-34-11-13-35(14-12-34)27(28-31-32-33-36(28)19-24-4-3-15-40-24)25-16-21-7-10-23(39-2)17-26(21)30-29(25)37;/h5-10,16-17,24,27H,3-4,11-15,18-19H2,1-2H3,(H,30,37);1H. The topological polar surface area (TPSA) is 111 Å². The summed E-state index contributed by atoms with van der Waals surface area (Å²) in [6.07, 6.45) is 2.09. The highest BCUT2D eigenvalue weighted by molar-refractivity contribution is 5.85. The number of pyridine rings is 1. The molecule has 0 radical (unpaired) electrons. The zero-order valence-electron chi connectivity index (χ0n) is 23.4. The van der Waals surface area contributed by atoms with Crippen LogP contribution in [0.15, 0.2) is 53.3 Å². The first-order valence-corrected chi connectivity index (χ1v) is 13.8. The summed E-state index contributed by atoms with van der Waals surface area (Å²) in [4.78, 5) is 21.4. The van der Waals surface area contributed by atoms with E-state index in [0.717, 1.165) is 68.8 Å². The molecule has 11 nitrogen and oxygen atoms in total. The van der Waals surface area contributed by atoms with Crippen LogP contribution in [0, 0.1) is 0 Å². The Kier molecular flexibility index (Phi) is 9.19. The van der Waals surface area contributed by atoms with Gasteiger partial charge in [0.05, 0.1) is 32.4 Å². The summed E-state index contributed by atoms with van der Waals surface area (Å²) < 4.78 is 18.3. The van der Waals surface area contributed by atoms with Crippen LogP contribution in [0.3, 0.4) is 0 Å². The van der Waals surface area contributed by atoms with Crippen LogP contribution >= 0.6 is 12.4 Å². The van der Waals surface area contributed by atoms with E-state index in [-0.39, 0.29) is 24.1 Å². The predicted molar refractivity (Wildman–Crippen MR) is 157 cm³/mol. The molecule has 4 aromatic rings. The number of fused-ring (bicyclic) bond motifs is 1. The number of benzene rings is 2. The van der Waals surface area contributed by atoms with Gasteiger partial charge in [0.1, 0.15) is 17.5 Å². The molecular weight excluding hydrogens is 546 g/mol. The summed E-state index contributed by atoms with van der Waals surface area (Å²) >= 11 is 0. The molecule has 2 fully saturated rings. The maximum Gasteiger partial charge on any atom is 0.253 e. The van der Waals surface area contributed by atoms with Crippen LogP contribution in [-0.2, 0) is 17.8 Å². The number of rotatable bonds is 9. The lowest BCUT2D eigenvalue weighted by Crippen LogP contribution is -2.48. The summed E-state index contributed by atoms with van der Waals surface area (Å²) in [7, 11) is 3.30. The van der Waals surface area contributed by atoms with Gasteiger partial charge in [-0.2, -0.15) is 0 Å². The first-order chi connectivity index (χ1) is 19.6. The van der Waals surface area contributed by atoms with Crippen LogP contribution in [0.2, 0.25) is 0 Å². The highest BCUT2D eigenvalue weighted by atomic mass is 35.5. The Balaban J connectivity index is 0.00000337. The fourth-order valence-electron chi connectivity index (χ4n) is 5.71. The van der Waals surface area contributed by atoms with Gasteiger partial charge in [0.15, 0.2) is 5.82 Å². The highest BCUT2D eigenvalue weighted by Crippen LogP contribution is 2.29. The second kappa shape index (κ2) is 13.0. The van der Waals surface area contributed by atoms with Crippen molar-refractivity contribution in [1.29, 1.82) is 0 Å². The van der Waals surface area contributed by atoms with Crippen molar-refractivity contribution in [1.82, 2.24) is 35.0 Å². The second-order valence-electron chi connectivity index (χ2n) is 10.4. The van der Waals surface area contributed by atoms with Gasteiger partial charge in [-0.15, -0.1) is 17.5 Å². The van der Waals surface area contributed by atoms with Crippen LogP contribution in [0.4, 0.5) is 0 Å². The van der Waals surface area contributed by atoms with Crippen LogP contribution in [0.1, 0.15) is 35.8 Å². The minimum absolute atomic E-state index is 0. The molecule has 2 aliphatic rings. The van der Waals surface area contributed by atoms with Crippen LogP contribution < -0.4 is 15.0 Å². The number of hydrogen-bond acceptors (Lipinski definition) is 9. The summed E-state index contributed by atoms with van der Waals surface area (Å²) in [6.45, 7) is 5.45. The number of H-pyrrole nitrogens is 1. The number of nitrogens with one attached hydrogen (secondary N) is 1. The van der Waals surface area contributed by atoms with E-state index in [1.165, 1.54) is 5.56 Å². The molecule has 0 amide bonds. The number of ether oxygens (including phenoxy) is 3. The molecule has 1 N–H and O–H groups in total. The number of aromatic nitrogens is 5. The van der Waals surface area contributed by atoms with E-state index in [1.54, 1.807) is 14.2 Å². The van der Waals surface area contributed by atoms with Crippen molar-refractivity contribution in [2.75, 3.05) is 47.0 Å². The smallest absolute Gasteiger partial charge is 0.253 e. The maximum atomic E-state index is 13.6. The van der Waals surface area contributed by atoms with Crippen molar-refractivity contribution < 1.29 is 14.2 Å². The molecule has 2 unspecified atom stereocenters. The molecule has 218 valence electrons. The van der Waals surface area contributed by atoms with E-state index in [0.29, 0.717) is 23.7 Å². The Morgan fingerprint density at radius 3 is 2.49 bits per heavy atom. The molecule has 4 heterocycles. The van der Waals surface area contributed by atoms with Gasteiger partial charge in [0.25, 0.3) is 5.56 Å². The van der Waals surface area contributed by atoms with Crippen molar-refractivity contribution in [2.45, 2.75) is 38.1 Å². The number of piperazine rings is 1. The number of aromatic amines is 1. The Morgan fingerprint density at radius 1 is 1.02 bits per heavy atom. The summed E-state index contributed by atoms with van der Waals surface area (Å²) in [5.41, 5.74) is 2.45. The Labute approximate surface area is 244 Å². The molecule has 0 saturated carbocycles. The van der Waals surface area contributed by atoms with Gasteiger partial charge in [0, 0.05) is 51.0 Å². The van der Waals surface area contributed by atoms with Crippen molar-refractivity contribution in [3.63, 3.8) is 0 Å².